The Kier molecular flexibility index (Phi) is 4.62. The van der Waals surface area contributed by atoms with E-state index in [2.05, 4.69) is 43.5 Å². The van der Waals surface area contributed by atoms with Gasteiger partial charge in [0.25, 0.3) is 5.91 Å². The zero-order valence-corrected chi connectivity index (χ0v) is 19.8. The second-order valence-electron chi connectivity index (χ2n) is 10.3. The molecular formula is C23H30BrN5O. The molecule has 0 radical (unpaired) electrons. The molecule has 0 aliphatic heterocycles. The number of carbonyl (C=O) groups excluding carboxylic acids is 1. The van der Waals surface area contributed by atoms with Gasteiger partial charge < -0.3 is 0 Å². The number of hydrogen-bond donors (Lipinski definition) is 1. The number of halogens is 1. The van der Waals surface area contributed by atoms with Crippen molar-refractivity contribution in [3.63, 3.8) is 0 Å². The van der Waals surface area contributed by atoms with Crippen molar-refractivity contribution in [3.8, 4) is 0 Å². The highest BCUT2D eigenvalue weighted by atomic mass is 79.9. The Morgan fingerprint density at radius 1 is 1.30 bits per heavy atom. The van der Waals surface area contributed by atoms with Crippen molar-refractivity contribution in [2.24, 2.45) is 29.4 Å². The molecule has 2 heterocycles. The second kappa shape index (κ2) is 6.87. The Bertz CT molecular complexity index is 1060. The number of nitrogens with one attached hydrogen (secondary N) is 1. The summed E-state index contributed by atoms with van der Waals surface area (Å²) in [6, 6.07) is 1.82. The quantitative estimate of drug-likeness (QED) is 0.394. The van der Waals surface area contributed by atoms with Crippen molar-refractivity contribution < 1.29 is 4.79 Å². The third kappa shape index (κ3) is 3.39. The first-order valence-electron chi connectivity index (χ1n) is 11.0. The van der Waals surface area contributed by atoms with Gasteiger partial charge in [0, 0.05) is 22.8 Å². The highest BCUT2D eigenvalue weighted by Crippen LogP contribution is 2.65. The number of rotatable bonds is 4. The number of aromatic nitrogens is 3. The molecule has 0 aromatic carbocycles. The van der Waals surface area contributed by atoms with Crippen LogP contribution in [-0.4, -0.2) is 30.7 Å². The summed E-state index contributed by atoms with van der Waals surface area (Å²) in [6.45, 7) is 5.87. The minimum Gasteiger partial charge on any atom is -0.267 e. The van der Waals surface area contributed by atoms with Crippen molar-refractivity contribution in [2.45, 2.75) is 70.0 Å². The third-order valence-corrected chi connectivity index (χ3v) is 8.36. The van der Waals surface area contributed by atoms with Crippen molar-refractivity contribution >= 4 is 38.6 Å². The fourth-order valence-corrected chi connectivity index (χ4v) is 8.59. The molecule has 2 aromatic heterocycles. The summed E-state index contributed by atoms with van der Waals surface area (Å²) in [6.07, 6.45) is 8.93. The molecule has 4 fully saturated rings. The number of carbonyl (C=O) groups is 1. The van der Waals surface area contributed by atoms with E-state index < -0.39 is 0 Å². The molecule has 7 heteroatoms. The maximum atomic E-state index is 13.0. The summed E-state index contributed by atoms with van der Waals surface area (Å²) < 4.78 is 2.07. The van der Waals surface area contributed by atoms with Gasteiger partial charge in [-0.1, -0.05) is 15.9 Å². The highest BCUT2D eigenvalue weighted by Gasteiger charge is 2.56. The average Bonchev–Trinajstić information content (AvgIpc) is 2.90. The molecule has 4 aliphatic rings. The molecule has 2 unspecified atom stereocenters. The molecule has 4 aliphatic carbocycles. The summed E-state index contributed by atoms with van der Waals surface area (Å²) in [5.41, 5.74) is 7.12. The maximum absolute atomic E-state index is 13.0. The molecule has 4 bridgehead atoms. The first-order chi connectivity index (χ1) is 14.2. The number of hydrogen-bond acceptors (Lipinski definition) is 4. The normalized spacial score (nSPS) is 32.8. The predicted octanol–water partition coefficient (Wildman–Crippen LogP) is 4.81. The van der Waals surface area contributed by atoms with Gasteiger partial charge in [-0.2, -0.15) is 10.2 Å². The first kappa shape index (κ1) is 20.2. The van der Waals surface area contributed by atoms with Crippen LogP contribution >= 0.6 is 15.9 Å². The molecule has 0 spiro atoms. The summed E-state index contributed by atoms with van der Waals surface area (Å²) in [4.78, 5) is 17.5. The first-order valence-corrected chi connectivity index (χ1v) is 11.8. The monoisotopic (exact) mass is 471 g/mol. The van der Waals surface area contributed by atoms with Crippen LogP contribution < -0.4 is 5.43 Å². The Morgan fingerprint density at radius 2 is 2.00 bits per heavy atom. The van der Waals surface area contributed by atoms with Gasteiger partial charge in [-0.3, -0.25) is 9.48 Å². The second-order valence-corrected chi connectivity index (χ2v) is 12.0. The topological polar surface area (TPSA) is 72.2 Å². The molecule has 2 atom stereocenters. The predicted molar refractivity (Wildman–Crippen MR) is 122 cm³/mol. The molecule has 4 saturated carbocycles. The van der Waals surface area contributed by atoms with Crippen LogP contribution in [0.4, 0.5) is 0 Å². The number of nitrogens with zero attached hydrogens (tertiary/aromatic N) is 4. The number of pyridine rings is 1. The lowest BCUT2D eigenvalue weighted by atomic mass is 9.48. The zero-order valence-electron chi connectivity index (χ0n) is 18.3. The van der Waals surface area contributed by atoms with Crippen LogP contribution in [0.5, 0.6) is 0 Å². The lowest BCUT2D eigenvalue weighted by Crippen LogP contribution is -2.53. The Hall–Kier alpha value is -1.76. The van der Waals surface area contributed by atoms with Gasteiger partial charge in [0.15, 0.2) is 5.65 Å². The van der Waals surface area contributed by atoms with E-state index in [1.807, 2.05) is 27.0 Å². The number of hydrazone groups is 1. The van der Waals surface area contributed by atoms with E-state index in [9.17, 15) is 4.79 Å². The van der Waals surface area contributed by atoms with E-state index in [1.54, 1.807) is 4.68 Å². The van der Waals surface area contributed by atoms with Gasteiger partial charge in [-0.05, 0) is 89.0 Å². The maximum Gasteiger partial charge on any atom is 0.272 e. The van der Waals surface area contributed by atoms with E-state index in [0.717, 1.165) is 46.4 Å². The molecular weight excluding hydrogens is 442 g/mol. The molecule has 1 N–H and O–H groups in total. The number of aryl methyl sites for hydroxylation is 3. The summed E-state index contributed by atoms with van der Waals surface area (Å²) in [7, 11) is 1.86. The van der Waals surface area contributed by atoms with Crippen molar-refractivity contribution in [2.75, 3.05) is 0 Å². The molecule has 2 aromatic rings. The van der Waals surface area contributed by atoms with Crippen LogP contribution in [0.15, 0.2) is 11.2 Å². The van der Waals surface area contributed by atoms with E-state index in [0.29, 0.717) is 15.3 Å². The van der Waals surface area contributed by atoms with Crippen LogP contribution in [0.3, 0.4) is 0 Å². The van der Waals surface area contributed by atoms with E-state index in [1.165, 1.54) is 38.5 Å². The molecule has 6 nitrogen and oxygen atoms in total. The van der Waals surface area contributed by atoms with Gasteiger partial charge in [-0.15, -0.1) is 0 Å². The fraction of sp³-hybridized carbons (Fsp3) is 0.652. The molecule has 6 rings (SSSR count). The molecule has 160 valence electrons. The highest BCUT2D eigenvalue weighted by molar-refractivity contribution is 9.10. The SMILES string of the molecule is C/C(CC12CC3CC(CC(Br)(C3)C1)C2)=N/NC(=O)c1cc(C)nc2c1c(C)nn2C. The zero-order chi connectivity index (χ0) is 21.3. The van der Waals surface area contributed by atoms with Crippen LogP contribution in [-0.2, 0) is 7.05 Å². The van der Waals surface area contributed by atoms with Crippen molar-refractivity contribution in [3.05, 3.63) is 23.0 Å². The van der Waals surface area contributed by atoms with E-state index in [4.69, 9.17) is 0 Å². The average molecular weight is 472 g/mol. The van der Waals surface area contributed by atoms with Gasteiger partial charge in [0.05, 0.1) is 16.6 Å². The van der Waals surface area contributed by atoms with Crippen LogP contribution in [0, 0.1) is 31.1 Å². The van der Waals surface area contributed by atoms with Crippen LogP contribution in [0.25, 0.3) is 11.0 Å². The van der Waals surface area contributed by atoms with Crippen molar-refractivity contribution in [1.82, 2.24) is 20.2 Å². The van der Waals surface area contributed by atoms with Gasteiger partial charge in [0.1, 0.15) is 0 Å². The third-order valence-electron chi connectivity index (χ3n) is 7.43. The van der Waals surface area contributed by atoms with Gasteiger partial charge in [-0.25, -0.2) is 10.4 Å². The lowest BCUT2D eigenvalue weighted by Gasteiger charge is -2.60. The van der Waals surface area contributed by atoms with E-state index >= 15 is 0 Å². The van der Waals surface area contributed by atoms with Crippen LogP contribution in [0.2, 0.25) is 0 Å². The minimum absolute atomic E-state index is 0.191. The number of alkyl halides is 1. The minimum atomic E-state index is -0.191. The molecule has 0 saturated heterocycles. The largest absolute Gasteiger partial charge is 0.272 e. The lowest BCUT2D eigenvalue weighted by molar-refractivity contribution is -0.0303. The Labute approximate surface area is 186 Å². The van der Waals surface area contributed by atoms with Gasteiger partial charge in [0.2, 0.25) is 0 Å². The molecule has 30 heavy (non-hydrogen) atoms. The van der Waals surface area contributed by atoms with E-state index in [-0.39, 0.29) is 5.91 Å². The van der Waals surface area contributed by atoms with Gasteiger partial charge >= 0.3 is 0 Å². The smallest absolute Gasteiger partial charge is 0.267 e. The number of amides is 1. The van der Waals surface area contributed by atoms with Crippen LogP contribution in [0.1, 0.15) is 73.6 Å². The Morgan fingerprint density at radius 3 is 2.67 bits per heavy atom. The Balaban J connectivity index is 1.35. The fourth-order valence-electron chi connectivity index (χ4n) is 7.08. The standard InChI is InChI=1S/C23H30BrN5O/c1-13-5-18(19-15(3)28-29(4)20(19)25-13)21(30)27-26-14(2)7-22-8-16-6-17(9-22)11-23(24,10-16)12-22/h5,16-17H,6-12H2,1-4H3,(H,27,30)/b26-14-. The van der Waals surface area contributed by atoms with Crippen molar-refractivity contribution in [1.29, 1.82) is 0 Å². The summed E-state index contributed by atoms with van der Waals surface area (Å²) in [5.74, 6) is 1.52. The summed E-state index contributed by atoms with van der Waals surface area (Å²) >= 11 is 4.09. The number of fused-ring (bicyclic) bond motifs is 1. The molecule has 1 amide bonds. The summed E-state index contributed by atoms with van der Waals surface area (Å²) in [5, 5.41) is 9.76.